The molecule has 4 rings (SSSR count). The highest BCUT2D eigenvalue weighted by Gasteiger charge is 2.33. The van der Waals surface area contributed by atoms with Crippen LogP contribution in [0.15, 0.2) is 54.6 Å². The molecule has 0 saturated carbocycles. The minimum Gasteiger partial charge on any atom is -0.496 e. The molecule has 2 atom stereocenters. The van der Waals surface area contributed by atoms with E-state index >= 15 is 0 Å². The van der Waals surface area contributed by atoms with E-state index < -0.39 is 6.04 Å². The van der Waals surface area contributed by atoms with Gasteiger partial charge in [0.1, 0.15) is 5.75 Å². The van der Waals surface area contributed by atoms with Gasteiger partial charge in [-0.2, -0.15) is 0 Å². The van der Waals surface area contributed by atoms with Crippen molar-refractivity contribution >= 4 is 18.3 Å². The summed E-state index contributed by atoms with van der Waals surface area (Å²) in [4.78, 5) is 20.0. The Morgan fingerprint density at radius 1 is 0.944 bits per heavy atom. The number of carbonyl (C=O) groups excluding carboxylic acids is 1. The first-order valence-corrected chi connectivity index (χ1v) is 12.9. The zero-order valence-electron chi connectivity index (χ0n) is 21.4. The van der Waals surface area contributed by atoms with Gasteiger partial charge in [-0.25, -0.2) is 0 Å². The molecule has 0 bridgehead atoms. The number of likely N-dealkylation sites (tertiary alicyclic amines) is 1. The lowest BCUT2D eigenvalue weighted by Crippen LogP contribution is -2.55. The van der Waals surface area contributed by atoms with Gasteiger partial charge in [0.25, 0.3) is 0 Å². The van der Waals surface area contributed by atoms with Gasteiger partial charge in [0.2, 0.25) is 5.91 Å². The van der Waals surface area contributed by atoms with Gasteiger partial charge in [-0.05, 0) is 43.5 Å². The van der Waals surface area contributed by atoms with Gasteiger partial charge >= 0.3 is 0 Å². The molecule has 2 heterocycles. The quantitative estimate of drug-likeness (QED) is 0.533. The molecule has 0 aromatic heterocycles. The molecular formula is C28H42ClN5O2. The van der Waals surface area contributed by atoms with E-state index in [0.717, 1.165) is 70.9 Å². The Morgan fingerprint density at radius 3 is 2.22 bits per heavy atom. The van der Waals surface area contributed by atoms with E-state index in [4.69, 9.17) is 16.2 Å². The van der Waals surface area contributed by atoms with Crippen molar-refractivity contribution in [2.24, 2.45) is 17.4 Å². The highest BCUT2D eigenvalue weighted by atomic mass is 35.5. The van der Waals surface area contributed by atoms with Crippen molar-refractivity contribution in [3.8, 4) is 5.75 Å². The van der Waals surface area contributed by atoms with Gasteiger partial charge in [-0.15, -0.1) is 12.4 Å². The van der Waals surface area contributed by atoms with Gasteiger partial charge in [0.15, 0.2) is 0 Å². The molecule has 7 nitrogen and oxygen atoms in total. The molecule has 2 unspecified atom stereocenters. The van der Waals surface area contributed by atoms with Gasteiger partial charge < -0.3 is 26.0 Å². The average molecular weight is 516 g/mol. The minimum absolute atomic E-state index is 0. The number of nitrogens with zero attached hydrogens (tertiary/aromatic N) is 3. The predicted octanol–water partition coefficient (Wildman–Crippen LogP) is 2.54. The van der Waals surface area contributed by atoms with Crippen molar-refractivity contribution in [1.82, 2.24) is 14.7 Å². The van der Waals surface area contributed by atoms with E-state index in [1.165, 1.54) is 11.1 Å². The number of piperidine rings is 1. The van der Waals surface area contributed by atoms with Crippen molar-refractivity contribution in [1.29, 1.82) is 0 Å². The Hall–Kier alpha value is -2.16. The van der Waals surface area contributed by atoms with E-state index in [-0.39, 0.29) is 24.2 Å². The number of carbonyl (C=O) groups is 1. The molecule has 2 aromatic rings. The summed E-state index contributed by atoms with van der Waals surface area (Å²) in [6.07, 6.45) is 1.93. The van der Waals surface area contributed by atoms with Crippen LogP contribution >= 0.6 is 12.4 Å². The van der Waals surface area contributed by atoms with Crippen molar-refractivity contribution in [2.45, 2.75) is 31.3 Å². The van der Waals surface area contributed by atoms with E-state index in [9.17, 15) is 4.79 Å². The highest BCUT2D eigenvalue weighted by molar-refractivity contribution is 5.85. The number of para-hydroxylation sites is 1. The van der Waals surface area contributed by atoms with Crippen LogP contribution in [0.1, 0.15) is 29.9 Å². The first-order chi connectivity index (χ1) is 17.1. The number of piperazine rings is 1. The van der Waals surface area contributed by atoms with E-state index in [0.29, 0.717) is 12.5 Å². The van der Waals surface area contributed by atoms with Crippen LogP contribution in [-0.4, -0.2) is 86.1 Å². The molecule has 36 heavy (non-hydrogen) atoms. The Kier molecular flexibility index (Phi) is 11.0. The van der Waals surface area contributed by atoms with Crippen LogP contribution in [0, 0.1) is 5.92 Å². The smallest absolute Gasteiger partial charge is 0.239 e. The van der Waals surface area contributed by atoms with Crippen LogP contribution < -0.4 is 16.2 Å². The predicted molar refractivity (Wildman–Crippen MR) is 147 cm³/mol. The van der Waals surface area contributed by atoms with Crippen LogP contribution in [0.25, 0.3) is 0 Å². The maximum Gasteiger partial charge on any atom is 0.239 e. The number of nitrogens with two attached hydrogens (primary N) is 2. The second kappa shape index (κ2) is 14.0. The fourth-order valence-electron chi connectivity index (χ4n) is 5.46. The normalized spacial score (nSPS) is 19.4. The Bertz CT molecular complexity index is 931. The van der Waals surface area contributed by atoms with E-state index in [1.54, 1.807) is 7.11 Å². The lowest BCUT2D eigenvalue weighted by atomic mass is 9.88. The third-order valence-electron chi connectivity index (χ3n) is 7.73. The molecule has 2 aliphatic rings. The number of hydrogen-bond acceptors (Lipinski definition) is 6. The molecule has 8 heteroatoms. The summed E-state index contributed by atoms with van der Waals surface area (Å²) in [7, 11) is 1.71. The third kappa shape index (κ3) is 7.20. The monoisotopic (exact) mass is 515 g/mol. The van der Waals surface area contributed by atoms with E-state index in [1.807, 2.05) is 29.2 Å². The van der Waals surface area contributed by atoms with Crippen LogP contribution in [0.4, 0.5) is 0 Å². The first-order valence-electron chi connectivity index (χ1n) is 12.9. The summed E-state index contributed by atoms with van der Waals surface area (Å²) in [5.41, 5.74) is 15.1. The number of ether oxygens (including phenoxy) is 1. The molecule has 2 fully saturated rings. The van der Waals surface area contributed by atoms with Crippen LogP contribution in [0.2, 0.25) is 0 Å². The molecule has 2 aliphatic heterocycles. The summed E-state index contributed by atoms with van der Waals surface area (Å²) in [5, 5.41) is 0. The van der Waals surface area contributed by atoms with Gasteiger partial charge in [-0.3, -0.25) is 9.69 Å². The van der Waals surface area contributed by atoms with Crippen molar-refractivity contribution in [2.75, 3.05) is 59.5 Å². The van der Waals surface area contributed by atoms with Crippen LogP contribution in [0.5, 0.6) is 5.75 Å². The molecule has 2 saturated heterocycles. The van der Waals surface area contributed by atoms with Crippen LogP contribution in [0.3, 0.4) is 0 Å². The number of hydrogen-bond donors (Lipinski definition) is 2. The van der Waals surface area contributed by atoms with Crippen molar-refractivity contribution in [3.05, 3.63) is 65.7 Å². The highest BCUT2D eigenvalue weighted by Crippen LogP contribution is 2.25. The number of amides is 1. The standard InChI is InChI=1S/C28H41N5O2.ClH/c1-35-26-10-6-5-9-24(26)20-32-15-17-33(18-16-32)28(34)27(30)23-11-13-31(14-12-23)21-25(19-29)22-7-3-2-4-8-22;/h2-10,23,25,27H,11-21,29-30H2,1H3;1H. The van der Waals surface area contributed by atoms with Gasteiger partial charge in [0, 0.05) is 57.3 Å². The zero-order chi connectivity index (χ0) is 24.6. The molecule has 198 valence electrons. The molecule has 4 N–H and O–H groups in total. The molecule has 0 aliphatic carbocycles. The zero-order valence-corrected chi connectivity index (χ0v) is 22.2. The number of methoxy groups -OCH3 is 1. The molecule has 2 aromatic carbocycles. The average Bonchev–Trinajstić information content (AvgIpc) is 2.92. The summed E-state index contributed by atoms with van der Waals surface area (Å²) in [6.45, 7) is 7.57. The number of halogens is 1. The third-order valence-corrected chi connectivity index (χ3v) is 7.73. The van der Waals surface area contributed by atoms with Crippen molar-refractivity contribution in [3.63, 3.8) is 0 Å². The number of rotatable bonds is 9. The second-order valence-corrected chi connectivity index (χ2v) is 9.92. The summed E-state index contributed by atoms with van der Waals surface area (Å²) in [5.74, 6) is 1.62. The minimum atomic E-state index is -0.405. The largest absolute Gasteiger partial charge is 0.496 e. The Morgan fingerprint density at radius 2 is 1.58 bits per heavy atom. The lowest BCUT2D eigenvalue weighted by molar-refractivity contribution is -0.136. The molecular weight excluding hydrogens is 474 g/mol. The fourth-order valence-corrected chi connectivity index (χ4v) is 5.46. The Labute approximate surface area is 222 Å². The first kappa shape index (κ1) is 28.4. The Balaban J connectivity index is 0.00000361. The fraction of sp³-hybridized carbons (Fsp3) is 0.536. The summed E-state index contributed by atoms with van der Waals surface area (Å²) < 4.78 is 5.48. The maximum atomic E-state index is 13.2. The molecule has 1 amide bonds. The maximum absolute atomic E-state index is 13.2. The van der Waals surface area contributed by atoms with Gasteiger partial charge in [-0.1, -0.05) is 48.5 Å². The summed E-state index contributed by atoms with van der Waals surface area (Å²) in [6, 6.07) is 18.2. The van der Waals surface area contributed by atoms with Crippen LogP contribution in [-0.2, 0) is 11.3 Å². The SMILES string of the molecule is COc1ccccc1CN1CCN(C(=O)C(N)C2CCN(CC(CN)c3ccccc3)CC2)CC1.Cl. The summed E-state index contributed by atoms with van der Waals surface area (Å²) >= 11 is 0. The number of benzene rings is 2. The lowest BCUT2D eigenvalue weighted by Gasteiger charge is -2.39. The second-order valence-electron chi connectivity index (χ2n) is 9.92. The molecule has 0 radical (unpaired) electrons. The van der Waals surface area contributed by atoms with Gasteiger partial charge in [0.05, 0.1) is 13.2 Å². The molecule has 0 spiro atoms. The van der Waals surface area contributed by atoms with E-state index in [2.05, 4.69) is 40.1 Å². The van der Waals surface area contributed by atoms with Crippen molar-refractivity contribution < 1.29 is 9.53 Å². The topological polar surface area (TPSA) is 88.1 Å².